The highest BCUT2D eigenvalue weighted by Gasteiger charge is 2.43. The Bertz CT molecular complexity index is 769. The predicted molar refractivity (Wildman–Crippen MR) is 110 cm³/mol. The molecule has 0 aromatic heterocycles. The molecule has 3 rings (SSSR count). The molecule has 8 heteroatoms. The lowest BCUT2D eigenvalue weighted by Crippen LogP contribution is -2.49. The van der Waals surface area contributed by atoms with Crippen molar-refractivity contribution in [1.82, 2.24) is 9.80 Å². The summed E-state index contributed by atoms with van der Waals surface area (Å²) in [5.74, 6) is -1.77. The molecule has 1 aromatic rings. The largest absolute Gasteiger partial charge is 0.451 e. The van der Waals surface area contributed by atoms with E-state index in [1.807, 2.05) is 0 Å². The Kier molecular flexibility index (Phi) is 6.95. The zero-order valence-electron chi connectivity index (χ0n) is 16.8. The van der Waals surface area contributed by atoms with Crippen molar-refractivity contribution < 1.29 is 23.9 Å². The van der Waals surface area contributed by atoms with Crippen LogP contribution in [0.1, 0.15) is 53.3 Å². The molecule has 29 heavy (non-hydrogen) atoms. The predicted octanol–water partition coefficient (Wildman–Crippen LogP) is 2.35. The van der Waals surface area contributed by atoms with E-state index < -0.39 is 29.9 Å². The molecule has 0 saturated carbocycles. The molecule has 1 aromatic carbocycles. The van der Waals surface area contributed by atoms with Gasteiger partial charge >= 0.3 is 5.97 Å². The van der Waals surface area contributed by atoms with Gasteiger partial charge in [0.05, 0.1) is 11.1 Å². The molecule has 0 bridgehead atoms. The van der Waals surface area contributed by atoms with Gasteiger partial charge in [-0.05, 0) is 38.2 Å². The van der Waals surface area contributed by atoms with Crippen LogP contribution in [0, 0.1) is 0 Å². The number of fused-ring (bicyclic) bond motifs is 1. The van der Waals surface area contributed by atoms with Crippen LogP contribution in [-0.4, -0.2) is 70.7 Å². The average molecular weight is 419 g/mol. The molecular formula is C21H26N2O5S. The summed E-state index contributed by atoms with van der Waals surface area (Å²) in [6.07, 6.45) is 4.89. The van der Waals surface area contributed by atoms with Crippen LogP contribution in [0.25, 0.3) is 0 Å². The number of carbonyl (C=O) groups excluding carboxylic acids is 4. The molecule has 0 aliphatic carbocycles. The van der Waals surface area contributed by atoms with E-state index in [0.29, 0.717) is 13.1 Å². The molecule has 0 radical (unpaired) electrons. The topological polar surface area (TPSA) is 84.0 Å². The van der Waals surface area contributed by atoms with Crippen LogP contribution in [0.5, 0.6) is 0 Å². The quantitative estimate of drug-likeness (QED) is 0.521. The van der Waals surface area contributed by atoms with Gasteiger partial charge in [-0.25, -0.2) is 4.79 Å². The number of likely N-dealkylation sites (tertiary alicyclic amines) is 1. The minimum atomic E-state index is -1.07. The highest BCUT2D eigenvalue weighted by Crippen LogP contribution is 2.26. The minimum Gasteiger partial charge on any atom is -0.451 e. The van der Waals surface area contributed by atoms with Crippen LogP contribution in [0.4, 0.5) is 0 Å². The van der Waals surface area contributed by atoms with Gasteiger partial charge in [0.1, 0.15) is 6.04 Å². The fourth-order valence-corrected chi connectivity index (χ4v) is 4.35. The number of rotatable bonds is 6. The summed E-state index contributed by atoms with van der Waals surface area (Å²) in [5, 5.41) is 0. The summed E-state index contributed by atoms with van der Waals surface area (Å²) in [4.78, 5) is 53.8. The van der Waals surface area contributed by atoms with Crippen LogP contribution >= 0.6 is 11.8 Å². The van der Waals surface area contributed by atoms with Crippen molar-refractivity contribution in [3.63, 3.8) is 0 Å². The fourth-order valence-electron chi connectivity index (χ4n) is 3.75. The zero-order chi connectivity index (χ0) is 21.0. The maximum atomic E-state index is 12.9. The van der Waals surface area contributed by atoms with Gasteiger partial charge < -0.3 is 9.64 Å². The third-order valence-corrected chi connectivity index (χ3v) is 5.94. The summed E-state index contributed by atoms with van der Waals surface area (Å²) in [6, 6.07) is 5.43. The van der Waals surface area contributed by atoms with Gasteiger partial charge in [0.15, 0.2) is 6.10 Å². The van der Waals surface area contributed by atoms with Crippen molar-refractivity contribution >= 4 is 35.5 Å². The molecular weight excluding hydrogens is 392 g/mol. The van der Waals surface area contributed by atoms with Gasteiger partial charge in [-0.15, -0.1) is 0 Å². The Morgan fingerprint density at radius 3 is 2.10 bits per heavy atom. The maximum Gasteiger partial charge on any atom is 0.331 e. The van der Waals surface area contributed by atoms with Gasteiger partial charge in [-0.3, -0.25) is 19.3 Å². The molecule has 0 N–H and O–H groups in total. The van der Waals surface area contributed by atoms with Crippen molar-refractivity contribution in [2.45, 2.75) is 44.8 Å². The first-order valence-electron chi connectivity index (χ1n) is 9.91. The van der Waals surface area contributed by atoms with Gasteiger partial charge in [-0.2, -0.15) is 11.8 Å². The molecule has 2 aliphatic heterocycles. The standard InChI is InChI=1S/C21H26N2O5S/c1-14(18(24)22-11-7-3-4-8-12-22)28-21(27)17(13-29-2)23-19(25)15-9-5-6-10-16(15)20(23)26/h5-6,9-10,14,17H,3-4,7-8,11-13H2,1-2H3/t14-,17+/m1/s1. The highest BCUT2D eigenvalue weighted by atomic mass is 32.2. The smallest absolute Gasteiger partial charge is 0.331 e. The monoisotopic (exact) mass is 418 g/mol. The molecule has 3 amide bonds. The number of amides is 3. The number of esters is 1. The molecule has 156 valence electrons. The SMILES string of the molecule is CSC[C@@H](C(=O)O[C@H](C)C(=O)N1CCCCCC1)N1C(=O)c2ccccc2C1=O. The van der Waals surface area contributed by atoms with Crippen molar-refractivity contribution in [2.24, 2.45) is 0 Å². The van der Waals surface area contributed by atoms with Crippen molar-refractivity contribution in [2.75, 3.05) is 25.1 Å². The molecule has 2 atom stereocenters. The molecule has 0 spiro atoms. The highest BCUT2D eigenvalue weighted by molar-refractivity contribution is 7.98. The number of nitrogens with zero attached hydrogens (tertiary/aromatic N) is 2. The van der Waals surface area contributed by atoms with Gasteiger partial charge in [0.2, 0.25) is 0 Å². The Morgan fingerprint density at radius 2 is 1.59 bits per heavy atom. The van der Waals surface area contributed by atoms with E-state index >= 15 is 0 Å². The summed E-state index contributed by atoms with van der Waals surface area (Å²) in [6.45, 7) is 2.87. The number of thioether (sulfide) groups is 1. The van der Waals surface area contributed by atoms with Crippen molar-refractivity contribution in [1.29, 1.82) is 0 Å². The van der Waals surface area contributed by atoms with Gasteiger partial charge in [0, 0.05) is 18.8 Å². The lowest BCUT2D eigenvalue weighted by Gasteiger charge is -2.27. The third-order valence-electron chi connectivity index (χ3n) is 5.29. The summed E-state index contributed by atoms with van der Waals surface area (Å²) in [7, 11) is 0. The summed E-state index contributed by atoms with van der Waals surface area (Å²) >= 11 is 1.33. The van der Waals surface area contributed by atoms with E-state index in [4.69, 9.17) is 4.74 Å². The second kappa shape index (κ2) is 9.43. The van der Waals surface area contributed by atoms with Crippen LogP contribution < -0.4 is 0 Å². The first-order valence-corrected chi connectivity index (χ1v) is 11.3. The van der Waals surface area contributed by atoms with Gasteiger partial charge in [-0.1, -0.05) is 25.0 Å². The van der Waals surface area contributed by atoms with Crippen LogP contribution in [0.15, 0.2) is 24.3 Å². The lowest BCUT2D eigenvalue weighted by molar-refractivity contribution is -0.161. The molecule has 2 aliphatic rings. The van der Waals surface area contributed by atoms with E-state index in [1.54, 1.807) is 42.3 Å². The van der Waals surface area contributed by atoms with Crippen molar-refractivity contribution in [3.05, 3.63) is 35.4 Å². The second-order valence-corrected chi connectivity index (χ2v) is 8.23. The molecule has 7 nitrogen and oxygen atoms in total. The minimum absolute atomic E-state index is 0.203. The molecule has 1 fully saturated rings. The van der Waals surface area contributed by atoms with E-state index in [1.165, 1.54) is 11.8 Å². The second-order valence-electron chi connectivity index (χ2n) is 7.32. The Labute approximate surface area is 174 Å². The molecule has 1 saturated heterocycles. The lowest BCUT2D eigenvalue weighted by atomic mass is 10.1. The van der Waals surface area contributed by atoms with Crippen LogP contribution in [-0.2, 0) is 14.3 Å². The Balaban J connectivity index is 1.72. The fraction of sp³-hybridized carbons (Fsp3) is 0.524. The van der Waals surface area contributed by atoms with Crippen LogP contribution in [0.2, 0.25) is 0 Å². The number of imide groups is 1. The van der Waals surface area contributed by atoms with Crippen LogP contribution in [0.3, 0.4) is 0 Å². The van der Waals surface area contributed by atoms with Crippen molar-refractivity contribution in [3.8, 4) is 0 Å². The zero-order valence-corrected chi connectivity index (χ0v) is 17.6. The maximum absolute atomic E-state index is 12.9. The molecule has 2 heterocycles. The molecule has 0 unspecified atom stereocenters. The normalized spacial score (nSPS) is 18.8. The third kappa shape index (κ3) is 4.47. The van der Waals surface area contributed by atoms with E-state index in [9.17, 15) is 19.2 Å². The summed E-state index contributed by atoms with van der Waals surface area (Å²) in [5.41, 5.74) is 0.565. The van der Waals surface area contributed by atoms with E-state index in [-0.39, 0.29) is 22.8 Å². The Morgan fingerprint density at radius 1 is 1.03 bits per heavy atom. The van der Waals surface area contributed by atoms with Gasteiger partial charge in [0.25, 0.3) is 17.7 Å². The Hall–Kier alpha value is -2.35. The number of carbonyl (C=O) groups is 4. The first kappa shape index (κ1) is 21.4. The van der Waals surface area contributed by atoms with E-state index in [2.05, 4.69) is 0 Å². The average Bonchev–Trinajstić information content (AvgIpc) is 2.90. The number of hydrogen-bond donors (Lipinski definition) is 0. The van der Waals surface area contributed by atoms with E-state index in [0.717, 1.165) is 30.6 Å². The first-order chi connectivity index (χ1) is 14.0. The number of hydrogen-bond acceptors (Lipinski definition) is 6. The number of ether oxygens (including phenoxy) is 1. The number of benzene rings is 1. The summed E-state index contributed by atoms with van der Waals surface area (Å²) < 4.78 is 5.44.